The molecule has 2 N–H and O–H groups in total. The van der Waals surface area contributed by atoms with Crippen LogP contribution in [0.5, 0.6) is 17.2 Å². The average Bonchev–Trinajstić information content (AvgIpc) is 2.61. The second-order valence-electron chi connectivity index (χ2n) is 5.02. The molecule has 0 saturated heterocycles. The quantitative estimate of drug-likeness (QED) is 0.697. The molecule has 124 valence electrons. The lowest BCUT2D eigenvalue weighted by Crippen LogP contribution is -2.21. The molecule has 0 aliphatic rings. The van der Waals surface area contributed by atoms with E-state index in [1.807, 2.05) is 30.3 Å². The number of hydrogen-bond acceptors (Lipinski definition) is 5. The third kappa shape index (κ3) is 5.07. The molecule has 5 nitrogen and oxygen atoms in total. The summed E-state index contributed by atoms with van der Waals surface area (Å²) in [6.45, 7) is 2.45. The number of hydrogen-bond donors (Lipinski definition) is 2. The number of nitrogens with one attached hydrogen (secondary N) is 2. The Balaban J connectivity index is 1.76. The highest BCUT2D eigenvalue weighted by atomic mass is 16.5. The summed E-state index contributed by atoms with van der Waals surface area (Å²) in [4.78, 5) is 0. The Hall–Kier alpha value is -2.40. The number of anilines is 1. The van der Waals surface area contributed by atoms with Crippen LogP contribution < -0.4 is 24.8 Å². The first-order valence-corrected chi connectivity index (χ1v) is 7.56. The molecule has 0 aromatic heterocycles. The Morgan fingerprint density at radius 1 is 0.783 bits per heavy atom. The van der Waals surface area contributed by atoms with Gasteiger partial charge in [0.25, 0.3) is 0 Å². The minimum atomic E-state index is 0.791. The molecule has 0 spiro atoms. The molecule has 2 rings (SSSR count). The van der Waals surface area contributed by atoms with Crippen LogP contribution in [0, 0.1) is 0 Å². The molecular weight excluding hydrogens is 292 g/mol. The zero-order valence-electron chi connectivity index (χ0n) is 13.9. The van der Waals surface area contributed by atoms with Crippen molar-refractivity contribution in [3.63, 3.8) is 0 Å². The van der Waals surface area contributed by atoms with Gasteiger partial charge in [0.05, 0.1) is 27.0 Å². The van der Waals surface area contributed by atoms with Crippen molar-refractivity contribution >= 4 is 5.69 Å². The summed E-state index contributed by atoms with van der Waals surface area (Å²) in [6, 6.07) is 13.8. The fourth-order valence-electron chi connectivity index (χ4n) is 2.21. The molecule has 0 saturated carbocycles. The Kier molecular flexibility index (Phi) is 6.56. The largest absolute Gasteiger partial charge is 0.497 e. The Morgan fingerprint density at radius 3 is 2.13 bits per heavy atom. The van der Waals surface area contributed by atoms with Crippen LogP contribution in [0.15, 0.2) is 42.5 Å². The molecule has 0 bridgehead atoms. The lowest BCUT2D eigenvalue weighted by Gasteiger charge is -2.13. The van der Waals surface area contributed by atoms with E-state index in [1.54, 1.807) is 21.3 Å². The number of rotatable bonds is 9. The van der Waals surface area contributed by atoms with Gasteiger partial charge < -0.3 is 24.8 Å². The lowest BCUT2D eigenvalue weighted by atomic mass is 10.2. The van der Waals surface area contributed by atoms with E-state index in [4.69, 9.17) is 14.2 Å². The summed E-state index contributed by atoms with van der Waals surface area (Å²) >= 11 is 0. The maximum absolute atomic E-state index is 5.34. The number of methoxy groups -OCH3 is 3. The molecular formula is C18H24N2O3. The van der Waals surface area contributed by atoms with Crippen molar-refractivity contribution in [1.82, 2.24) is 5.32 Å². The highest BCUT2D eigenvalue weighted by molar-refractivity contribution is 5.59. The summed E-state index contributed by atoms with van der Waals surface area (Å²) in [7, 11) is 4.99. The van der Waals surface area contributed by atoms with Crippen LogP contribution in [0.25, 0.3) is 0 Å². The zero-order valence-corrected chi connectivity index (χ0v) is 13.9. The van der Waals surface area contributed by atoms with Gasteiger partial charge >= 0.3 is 0 Å². The zero-order chi connectivity index (χ0) is 16.5. The summed E-state index contributed by atoms with van der Waals surface area (Å²) in [5, 5.41) is 6.76. The molecule has 23 heavy (non-hydrogen) atoms. The molecule has 0 unspecified atom stereocenters. The molecule has 5 heteroatoms. The molecule has 0 aliphatic carbocycles. The molecule has 0 fully saturated rings. The van der Waals surface area contributed by atoms with Crippen LogP contribution in [0.2, 0.25) is 0 Å². The van der Waals surface area contributed by atoms with Crippen LogP contribution >= 0.6 is 0 Å². The van der Waals surface area contributed by atoms with Crippen molar-refractivity contribution in [3.8, 4) is 17.2 Å². The molecule has 2 aromatic carbocycles. The van der Waals surface area contributed by atoms with Gasteiger partial charge in [0, 0.05) is 25.7 Å². The maximum Gasteiger partial charge on any atom is 0.142 e. The number of benzene rings is 2. The Labute approximate surface area is 137 Å². The normalized spacial score (nSPS) is 10.2. The first-order chi connectivity index (χ1) is 11.3. The Morgan fingerprint density at radius 2 is 1.48 bits per heavy atom. The van der Waals surface area contributed by atoms with Gasteiger partial charge in [-0.3, -0.25) is 0 Å². The standard InChI is InChI=1S/C18H24N2O3/c1-21-15-6-4-14(5-7-15)13-19-10-11-20-17-12-16(22-2)8-9-18(17)23-3/h4-9,12,19-20H,10-11,13H2,1-3H3. The second-order valence-corrected chi connectivity index (χ2v) is 5.02. The Bertz CT molecular complexity index is 600. The first kappa shape index (κ1) is 17.0. The minimum Gasteiger partial charge on any atom is -0.497 e. The van der Waals surface area contributed by atoms with Gasteiger partial charge in [-0.1, -0.05) is 12.1 Å². The minimum absolute atomic E-state index is 0.791. The average molecular weight is 316 g/mol. The van der Waals surface area contributed by atoms with Crippen molar-refractivity contribution in [2.24, 2.45) is 0 Å². The van der Waals surface area contributed by atoms with Crippen molar-refractivity contribution in [3.05, 3.63) is 48.0 Å². The van der Waals surface area contributed by atoms with E-state index >= 15 is 0 Å². The van der Waals surface area contributed by atoms with Gasteiger partial charge in [-0.2, -0.15) is 0 Å². The molecule has 0 amide bonds. The van der Waals surface area contributed by atoms with Gasteiger partial charge in [0.1, 0.15) is 17.2 Å². The van der Waals surface area contributed by atoms with Crippen LogP contribution in [0.1, 0.15) is 5.56 Å². The summed E-state index contributed by atoms with van der Waals surface area (Å²) < 4.78 is 15.7. The molecule has 0 heterocycles. The molecule has 0 atom stereocenters. The predicted octanol–water partition coefficient (Wildman–Crippen LogP) is 2.91. The predicted molar refractivity (Wildman–Crippen MR) is 92.7 cm³/mol. The van der Waals surface area contributed by atoms with Crippen molar-refractivity contribution in [1.29, 1.82) is 0 Å². The van der Waals surface area contributed by atoms with Crippen LogP contribution in [-0.2, 0) is 6.54 Å². The highest BCUT2D eigenvalue weighted by Gasteiger charge is 2.04. The van der Waals surface area contributed by atoms with Gasteiger partial charge in [0.15, 0.2) is 0 Å². The van der Waals surface area contributed by atoms with E-state index in [9.17, 15) is 0 Å². The topological polar surface area (TPSA) is 51.8 Å². The molecule has 0 aliphatic heterocycles. The van der Waals surface area contributed by atoms with Crippen LogP contribution in [0.3, 0.4) is 0 Å². The van der Waals surface area contributed by atoms with Crippen molar-refractivity contribution in [2.75, 3.05) is 39.7 Å². The SMILES string of the molecule is COc1ccc(CNCCNc2cc(OC)ccc2OC)cc1. The summed E-state index contributed by atoms with van der Waals surface area (Å²) in [5.74, 6) is 2.49. The first-order valence-electron chi connectivity index (χ1n) is 7.56. The second kappa shape index (κ2) is 8.90. The van der Waals surface area contributed by atoms with Gasteiger partial charge in [0.2, 0.25) is 0 Å². The van der Waals surface area contributed by atoms with E-state index in [0.717, 1.165) is 42.6 Å². The monoisotopic (exact) mass is 316 g/mol. The summed E-state index contributed by atoms with van der Waals surface area (Å²) in [6.07, 6.45) is 0. The number of ether oxygens (including phenoxy) is 3. The highest BCUT2D eigenvalue weighted by Crippen LogP contribution is 2.28. The fourth-order valence-corrected chi connectivity index (χ4v) is 2.21. The third-order valence-electron chi connectivity index (χ3n) is 3.51. The third-order valence-corrected chi connectivity index (χ3v) is 3.51. The van der Waals surface area contributed by atoms with Gasteiger partial charge in [-0.05, 0) is 29.8 Å². The maximum atomic E-state index is 5.34. The molecule has 0 radical (unpaired) electrons. The van der Waals surface area contributed by atoms with E-state index < -0.39 is 0 Å². The molecule has 2 aromatic rings. The smallest absolute Gasteiger partial charge is 0.142 e. The van der Waals surface area contributed by atoms with E-state index in [-0.39, 0.29) is 0 Å². The lowest BCUT2D eigenvalue weighted by molar-refractivity contribution is 0.404. The van der Waals surface area contributed by atoms with Crippen molar-refractivity contribution < 1.29 is 14.2 Å². The van der Waals surface area contributed by atoms with Crippen molar-refractivity contribution in [2.45, 2.75) is 6.54 Å². The van der Waals surface area contributed by atoms with E-state index in [1.165, 1.54) is 5.56 Å². The van der Waals surface area contributed by atoms with E-state index in [0.29, 0.717) is 0 Å². The fraction of sp³-hybridized carbons (Fsp3) is 0.333. The van der Waals surface area contributed by atoms with Crippen LogP contribution in [-0.4, -0.2) is 34.4 Å². The van der Waals surface area contributed by atoms with Gasteiger partial charge in [-0.15, -0.1) is 0 Å². The van der Waals surface area contributed by atoms with Gasteiger partial charge in [-0.25, -0.2) is 0 Å². The van der Waals surface area contributed by atoms with E-state index in [2.05, 4.69) is 22.8 Å². The van der Waals surface area contributed by atoms with Crippen LogP contribution in [0.4, 0.5) is 5.69 Å². The summed E-state index contributed by atoms with van der Waals surface area (Å²) in [5.41, 5.74) is 2.16.